The van der Waals surface area contributed by atoms with Gasteiger partial charge in [0.05, 0.1) is 11.5 Å². The van der Waals surface area contributed by atoms with Gasteiger partial charge in [0, 0.05) is 16.6 Å². The van der Waals surface area contributed by atoms with Gasteiger partial charge in [0.1, 0.15) is 11.5 Å². The van der Waals surface area contributed by atoms with Gasteiger partial charge in [0.15, 0.2) is 0 Å². The van der Waals surface area contributed by atoms with Crippen molar-refractivity contribution in [3.63, 3.8) is 0 Å². The third-order valence-electron chi connectivity index (χ3n) is 2.46. The maximum atomic E-state index is 10.9. The molecule has 0 atom stereocenters. The van der Waals surface area contributed by atoms with Gasteiger partial charge in [-0.15, -0.1) is 0 Å². The highest BCUT2D eigenvalue weighted by Gasteiger charge is 2.16. The minimum absolute atomic E-state index is 0.0755. The second-order valence-corrected chi connectivity index (χ2v) is 4.79. The summed E-state index contributed by atoms with van der Waals surface area (Å²) >= 11 is 3.35. The Morgan fingerprint density at radius 1 is 1.20 bits per heavy atom. The highest BCUT2D eigenvalue weighted by atomic mass is 79.9. The van der Waals surface area contributed by atoms with E-state index in [1.54, 1.807) is 19.1 Å². The second kappa shape index (κ2) is 6.38. The minimum atomic E-state index is -0.478. The van der Waals surface area contributed by atoms with Crippen LogP contribution in [0.25, 0.3) is 0 Å². The van der Waals surface area contributed by atoms with Gasteiger partial charge >= 0.3 is 5.69 Å². The van der Waals surface area contributed by atoms with Crippen molar-refractivity contribution in [1.82, 2.24) is 0 Å². The summed E-state index contributed by atoms with van der Waals surface area (Å²) in [6, 6.07) is 11.8. The number of benzene rings is 2. The van der Waals surface area contributed by atoms with Crippen molar-refractivity contribution in [2.24, 2.45) is 0 Å². The van der Waals surface area contributed by atoms with E-state index in [9.17, 15) is 10.1 Å². The number of hydrogen-bond donors (Lipinski definition) is 0. The fourth-order valence-electron chi connectivity index (χ4n) is 1.65. The van der Waals surface area contributed by atoms with Gasteiger partial charge in [0.2, 0.25) is 5.75 Å². The average Bonchev–Trinajstić information content (AvgIpc) is 2.39. The van der Waals surface area contributed by atoms with E-state index in [1.807, 2.05) is 18.2 Å². The van der Waals surface area contributed by atoms with Crippen LogP contribution in [0, 0.1) is 10.1 Å². The Balaban J connectivity index is 2.29. The Bertz CT molecular complexity index is 630. The molecule has 0 N–H and O–H groups in total. The van der Waals surface area contributed by atoms with Crippen molar-refractivity contribution >= 4 is 21.6 Å². The number of nitro groups is 1. The van der Waals surface area contributed by atoms with E-state index in [1.165, 1.54) is 12.1 Å². The lowest BCUT2D eigenvalue weighted by atomic mass is 10.2. The van der Waals surface area contributed by atoms with Gasteiger partial charge in [0.25, 0.3) is 0 Å². The summed E-state index contributed by atoms with van der Waals surface area (Å²) in [5.41, 5.74) is -0.0755. The molecule has 0 bridgehead atoms. The van der Waals surface area contributed by atoms with E-state index in [0.29, 0.717) is 18.1 Å². The Labute approximate surface area is 124 Å². The molecule has 0 aliphatic carbocycles. The van der Waals surface area contributed by atoms with Gasteiger partial charge < -0.3 is 9.47 Å². The van der Waals surface area contributed by atoms with Crippen LogP contribution in [0.2, 0.25) is 0 Å². The topological polar surface area (TPSA) is 61.6 Å². The molecule has 0 aromatic heterocycles. The zero-order valence-electron chi connectivity index (χ0n) is 10.7. The molecule has 5 nitrogen and oxygen atoms in total. The summed E-state index contributed by atoms with van der Waals surface area (Å²) in [4.78, 5) is 10.4. The maximum absolute atomic E-state index is 10.9. The van der Waals surface area contributed by atoms with Crippen molar-refractivity contribution < 1.29 is 14.4 Å². The molecule has 0 amide bonds. The number of hydrogen-bond acceptors (Lipinski definition) is 4. The Hall–Kier alpha value is -2.08. The number of nitrogens with zero attached hydrogens (tertiary/aromatic N) is 1. The molecule has 0 radical (unpaired) electrons. The molecule has 0 aliphatic heterocycles. The molecule has 0 spiro atoms. The van der Waals surface area contributed by atoms with E-state index >= 15 is 0 Å². The summed E-state index contributed by atoms with van der Waals surface area (Å²) in [7, 11) is 0. The molecular formula is C14H12BrNO4. The van der Waals surface area contributed by atoms with Gasteiger partial charge in [-0.2, -0.15) is 0 Å². The standard InChI is InChI=1S/C14H12BrNO4/c1-2-19-14-9-12(6-7-13(14)16(17)18)20-11-5-3-4-10(15)8-11/h3-9H,2H2,1H3. The minimum Gasteiger partial charge on any atom is -0.487 e. The van der Waals surface area contributed by atoms with E-state index in [4.69, 9.17) is 9.47 Å². The lowest BCUT2D eigenvalue weighted by Crippen LogP contribution is -1.98. The van der Waals surface area contributed by atoms with Gasteiger partial charge in [-0.05, 0) is 31.2 Å². The average molecular weight is 338 g/mol. The van der Waals surface area contributed by atoms with Gasteiger partial charge in [-0.1, -0.05) is 22.0 Å². The Kier molecular flexibility index (Phi) is 4.57. The van der Waals surface area contributed by atoms with Crippen LogP contribution in [-0.2, 0) is 0 Å². The van der Waals surface area contributed by atoms with Crippen LogP contribution in [0.4, 0.5) is 5.69 Å². The molecule has 2 aromatic carbocycles. The first kappa shape index (κ1) is 14.3. The highest BCUT2D eigenvalue weighted by Crippen LogP contribution is 2.33. The van der Waals surface area contributed by atoms with Crippen LogP contribution >= 0.6 is 15.9 Å². The van der Waals surface area contributed by atoms with E-state index in [0.717, 1.165) is 4.47 Å². The van der Waals surface area contributed by atoms with Crippen LogP contribution in [0.3, 0.4) is 0 Å². The SMILES string of the molecule is CCOc1cc(Oc2cccc(Br)c2)ccc1[N+](=O)[O-]. The van der Waals surface area contributed by atoms with Crippen molar-refractivity contribution in [1.29, 1.82) is 0 Å². The molecule has 0 unspecified atom stereocenters. The zero-order valence-corrected chi connectivity index (χ0v) is 12.3. The summed E-state index contributed by atoms with van der Waals surface area (Å²) < 4.78 is 11.8. The van der Waals surface area contributed by atoms with Gasteiger partial charge in [-0.3, -0.25) is 10.1 Å². The number of halogens is 1. The largest absolute Gasteiger partial charge is 0.487 e. The van der Waals surface area contributed by atoms with Crippen LogP contribution < -0.4 is 9.47 Å². The fourth-order valence-corrected chi connectivity index (χ4v) is 2.02. The molecular weight excluding hydrogens is 326 g/mol. The smallest absolute Gasteiger partial charge is 0.311 e. The Morgan fingerprint density at radius 3 is 2.60 bits per heavy atom. The maximum Gasteiger partial charge on any atom is 0.311 e. The van der Waals surface area contributed by atoms with Crippen molar-refractivity contribution in [2.45, 2.75) is 6.92 Å². The van der Waals surface area contributed by atoms with Gasteiger partial charge in [-0.25, -0.2) is 0 Å². The van der Waals surface area contributed by atoms with E-state index < -0.39 is 4.92 Å². The number of ether oxygens (including phenoxy) is 2. The van der Waals surface area contributed by atoms with Crippen LogP contribution in [0.1, 0.15) is 6.92 Å². The monoisotopic (exact) mass is 337 g/mol. The molecule has 0 saturated carbocycles. The molecule has 2 rings (SSSR count). The first-order valence-corrected chi connectivity index (χ1v) is 6.74. The van der Waals surface area contributed by atoms with Crippen molar-refractivity contribution in [3.05, 3.63) is 57.1 Å². The zero-order chi connectivity index (χ0) is 14.5. The molecule has 0 heterocycles. The third-order valence-corrected chi connectivity index (χ3v) is 2.95. The fraction of sp³-hybridized carbons (Fsp3) is 0.143. The first-order chi connectivity index (χ1) is 9.60. The van der Waals surface area contributed by atoms with Crippen LogP contribution in [0.15, 0.2) is 46.9 Å². The van der Waals surface area contributed by atoms with Crippen LogP contribution in [-0.4, -0.2) is 11.5 Å². The molecule has 0 fully saturated rings. The third kappa shape index (κ3) is 3.48. The van der Waals surface area contributed by atoms with Crippen molar-refractivity contribution in [2.75, 3.05) is 6.61 Å². The highest BCUT2D eigenvalue weighted by molar-refractivity contribution is 9.10. The summed E-state index contributed by atoms with van der Waals surface area (Å²) in [6.45, 7) is 2.12. The number of rotatable bonds is 5. The van der Waals surface area contributed by atoms with E-state index in [2.05, 4.69) is 15.9 Å². The van der Waals surface area contributed by atoms with Crippen LogP contribution in [0.5, 0.6) is 17.2 Å². The normalized spacial score (nSPS) is 10.1. The molecule has 0 aliphatic rings. The molecule has 104 valence electrons. The lowest BCUT2D eigenvalue weighted by molar-refractivity contribution is -0.385. The molecule has 0 saturated heterocycles. The second-order valence-electron chi connectivity index (χ2n) is 3.88. The quantitative estimate of drug-likeness (QED) is 0.593. The summed E-state index contributed by atoms with van der Waals surface area (Å²) in [5.74, 6) is 1.32. The summed E-state index contributed by atoms with van der Waals surface area (Å²) in [5, 5.41) is 10.9. The molecule has 20 heavy (non-hydrogen) atoms. The summed E-state index contributed by atoms with van der Waals surface area (Å²) in [6.07, 6.45) is 0. The van der Waals surface area contributed by atoms with Crippen molar-refractivity contribution in [3.8, 4) is 17.2 Å². The molecule has 2 aromatic rings. The predicted octanol–water partition coefficient (Wildman–Crippen LogP) is 4.55. The Morgan fingerprint density at radius 2 is 1.95 bits per heavy atom. The number of nitro benzene ring substituents is 1. The molecule has 6 heteroatoms. The lowest BCUT2D eigenvalue weighted by Gasteiger charge is -2.09. The first-order valence-electron chi connectivity index (χ1n) is 5.95. The predicted molar refractivity (Wildman–Crippen MR) is 78.5 cm³/mol. The van der Waals surface area contributed by atoms with E-state index in [-0.39, 0.29) is 11.4 Å².